The molecule has 2 amide bonds. The average molecular weight is 308 g/mol. The van der Waals surface area contributed by atoms with Crippen molar-refractivity contribution in [1.82, 2.24) is 9.80 Å². The van der Waals surface area contributed by atoms with Crippen molar-refractivity contribution in [3.63, 3.8) is 0 Å². The predicted octanol–water partition coefficient (Wildman–Crippen LogP) is 1.85. The molecule has 1 aromatic carbocycles. The van der Waals surface area contributed by atoms with E-state index in [1.54, 1.807) is 15.9 Å². The van der Waals surface area contributed by atoms with Gasteiger partial charge in [0.1, 0.15) is 12.4 Å². The molecule has 0 bridgehead atoms. The highest BCUT2D eigenvalue weighted by Crippen LogP contribution is 2.29. The normalized spacial score (nSPS) is 18.1. The minimum Gasteiger partial charge on any atom is -0.334 e. The predicted molar refractivity (Wildman–Crippen MR) is 79.0 cm³/mol. The van der Waals surface area contributed by atoms with Crippen molar-refractivity contribution in [3.05, 3.63) is 35.6 Å². The second-order valence-electron chi connectivity index (χ2n) is 5.45. The number of hydrogen-bond acceptors (Lipinski definition) is 3. The molecular weight excluding hydrogens is 291 g/mol. The fourth-order valence-electron chi connectivity index (χ4n) is 2.43. The molecule has 1 aliphatic carbocycles. The fourth-order valence-corrected chi connectivity index (χ4v) is 3.34. The van der Waals surface area contributed by atoms with Crippen LogP contribution in [0.2, 0.25) is 0 Å². The van der Waals surface area contributed by atoms with Crippen LogP contribution in [0.25, 0.3) is 0 Å². The molecule has 1 heterocycles. The summed E-state index contributed by atoms with van der Waals surface area (Å²) < 4.78 is 13.3. The molecule has 21 heavy (non-hydrogen) atoms. The van der Waals surface area contributed by atoms with Crippen LogP contribution in [-0.4, -0.2) is 45.8 Å². The molecular formula is C15H17FN2O2S. The molecule has 1 saturated heterocycles. The smallest absolute Gasteiger partial charge is 0.242 e. The Labute approximate surface area is 127 Å². The number of rotatable bonds is 5. The van der Waals surface area contributed by atoms with E-state index in [0.717, 1.165) is 18.4 Å². The topological polar surface area (TPSA) is 40.6 Å². The summed E-state index contributed by atoms with van der Waals surface area (Å²) in [7, 11) is 0. The highest BCUT2D eigenvalue weighted by Gasteiger charge is 2.34. The van der Waals surface area contributed by atoms with E-state index in [4.69, 9.17) is 0 Å². The molecule has 0 N–H and O–H groups in total. The van der Waals surface area contributed by atoms with E-state index in [0.29, 0.717) is 18.2 Å². The van der Waals surface area contributed by atoms with Crippen LogP contribution in [0, 0.1) is 5.82 Å². The van der Waals surface area contributed by atoms with Gasteiger partial charge in [0.15, 0.2) is 0 Å². The van der Waals surface area contributed by atoms with Crippen LogP contribution < -0.4 is 0 Å². The summed E-state index contributed by atoms with van der Waals surface area (Å²) in [5.41, 5.74) is 0.789. The van der Waals surface area contributed by atoms with Gasteiger partial charge in [0, 0.05) is 12.6 Å². The summed E-state index contributed by atoms with van der Waals surface area (Å²) >= 11 is 1.53. The summed E-state index contributed by atoms with van der Waals surface area (Å²) in [6.45, 7) is 0.550. The average Bonchev–Trinajstić information content (AvgIpc) is 3.21. The molecule has 112 valence electrons. The maximum absolute atomic E-state index is 13.3. The molecule has 2 fully saturated rings. The summed E-state index contributed by atoms with van der Waals surface area (Å²) in [6, 6.07) is 6.57. The molecule has 0 aromatic heterocycles. The molecule has 1 saturated carbocycles. The van der Waals surface area contributed by atoms with E-state index in [1.807, 2.05) is 6.07 Å². The van der Waals surface area contributed by atoms with Crippen LogP contribution in [0.5, 0.6) is 0 Å². The first-order valence-corrected chi connectivity index (χ1v) is 8.18. The zero-order valence-electron chi connectivity index (χ0n) is 11.6. The molecule has 4 nitrogen and oxygen atoms in total. The zero-order valence-corrected chi connectivity index (χ0v) is 12.4. The quantitative estimate of drug-likeness (QED) is 0.833. The van der Waals surface area contributed by atoms with Gasteiger partial charge in [0.2, 0.25) is 11.8 Å². The van der Waals surface area contributed by atoms with Gasteiger partial charge in [0.25, 0.3) is 0 Å². The van der Waals surface area contributed by atoms with Gasteiger partial charge in [-0.25, -0.2) is 4.39 Å². The maximum Gasteiger partial charge on any atom is 0.242 e. The number of amides is 2. The van der Waals surface area contributed by atoms with Crippen LogP contribution in [0.3, 0.4) is 0 Å². The summed E-state index contributed by atoms with van der Waals surface area (Å²) in [6.07, 6.45) is 1.98. The first kappa shape index (κ1) is 14.4. The lowest BCUT2D eigenvalue weighted by Crippen LogP contribution is -2.41. The van der Waals surface area contributed by atoms with Crippen molar-refractivity contribution in [2.75, 3.05) is 18.2 Å². The lowest BCUT2D eigenvalue weighted by molar-refractivity contribution is -0.138. The summed E-state index contributed by atoms with van der Waals surface area (Å²) in [5.74, 6) is 0.734. The molecule has 0 radical (unpaired) electrons. The summed E-state index contributed by atoms with van der Waals surface area (Å²) in [4.78, 5) is 27.4. The van der Waals surface area contributed by atoms with Gasteiger partial charge in [-0.3, -0.25) is 9.59 Å². The van der Waals surface area contributed by atoms with Gasteiger partial charge in [-0.15, -0.1) is 11.8 Å². The number of benzene rings is 1. The van der Waals surface area contributed by atoms with Crippen LogP contribution in [0.15, 0.2) is 24.3 Å². The highest BCUT2D eigenvalue weighted by atomic mass is 32.2. The molecule has 0 atom stereocenters. The van der Waals surface area contributed by atoms with Crippen LogP contribution in [-0.2, 0) is 16.1 Å². The lowest BCUT2D eigenvalue weighted by atomic mass is 10.2. The SMILES string of the molecule is O=C1CSCN1CC(=O)N(Cc1cccc(F)c1)C1CC1. The minimum absolute atomic E-state index is 0.0230. The lowest BCUT2D eigenvalue weighted by Gasteiger charge is -2.25. The Morgan fingerprint density at radius 3 is 2.86 bits per heavy atom. The number of carbonyl (C=O) groups is 2. The standard InChI is InChI=1S/C15H17FN2O2S/c16-12-3-1-2-11(6-12)7-18(13-4-5-13)14(19)8-17-10-21-9-15(17)20/h1-3,6,13H,4-5,7-10H2. The second-order valence-corrected chi connectivity index (χ2v) is 6.41. The van der Waals surface area contributed by atoms with Crippen molar-refractivity contribution in [1.29, 1.82) is 0 Å². The number of nitrogens with zero attached hydrogens (tertiary/aromatic N) is 2. The third kappa shape index (κ3) is 3.56. The number of hydrogen-bond donors (Lipinski definition) is 0. The summed E-state index contributed by atoms with van der Waals surface area (Å²) in [5, 5.41) is 0. The van der Waals surface area contributed by atoms with Crippen molar-refractivity contribution in [3.8, 4) is 0 Å². The van der Waals surface area contributed by atoms with E-state index in [1.165, 1.54) is 23.9 Å². The molecule has 6 heteroatoms. The fraction of sp³-hybridized carbons (Fsp3) is 0.467. The van der Waals surface area contributed by atoms with Gasteiger partial charge < -0.3 is 9.80 Å². The van der Waals surface area contributed by atoms with Gasteiger partial charge in [-0.1, -0.05) is 12.1 Å². The van der Waals surface area contributed by atoms with Crippen molar-refractivity contribution in [2.45, 2.75) is 25.4 Å². The Balaban J connectivity index is 1.66. The van der Waals surface area contributed by atoms with Gasteiger partial charge >= 0.3 is 0 Å². The van der Waals surface area contributed by atoms with E-state index in [9.17, 15) is 14.0 Å². The molecule has 0 spiro atoms. The van der Waals surface area contributed by atoms with Crippen molar-refractivity contribution < 1.29 is 14.0 Å². The molecule has 2 aliphatic rings. The Morgan fingerprint density at radius 2 is 2.24 bits per heavy atom. The maximum atomic E-state index is 13.3. The Bertz CT molecular complexity index is 562. The van der Waals surface area contributed by atoms with Crippen molar-refractivity contribution >= 4 is 23.6 Å². The zero-order chi connectivity index (χ0) is 14.8. The Hall–Kier alpha value is -1.56. The second kappa shape index (κ2) is 6.05. The molecule has 1 aliphatic heterocycles. The Kier molecular flexibility index (Phi) is 4.14. The van der Waals surface area contributed by atoms with Gasteiger partial charge in [-0.05, 0) is 30.5 Å². The van der Waals surface area contributed by atoms with Crippen molar-refractivity contribution in [2.24, 2.45) is 0 Å². The van der Waals surface area contributed by atoms with Gasteiger partial charge in [-0.2, -0.15) is 0 Å². The number of halogens is 1. The first-order valence-electron chi connectivity index (χ1n) is 7.03. The van der Waals surface area contributed by atoms with E-state index >= 15 is 0 Å². The van der Waals surface area contributed by atoms with Crippen LogP contribution in [0.1, 0.15) is 18.4 Å². The largest absolute Gasteiger partial charge is 0.334 e. The molecule has 3 rings (SSSR count). The highest BCUT2D eigenvalue weighted by molar-refractivity contribution is 8.00. The molecule has 1 aromatic rings. The van der Waals surface area contributed by atoms with Gasteiger partial charge in [0.05, 0.1) is 11.6 Å². The third-order valence-corrected chi connectivity index (χ3v) is 4.65. The third-order valence-electron chi connectivity index (χ3n) is 3.70. The minimum atomic E-state index is -0.290. The van der Waals surface area contributed by atoms with E-state index in [2.05, 4.69) is 0 Å². The number of carbonyl (C=O) groups excluding carboxylic acids is 2. The van der Waals surface area contributed by atoms with Crippen LogP contribution >= 0.6 is 11.8 Å². The number of thioether (sulfide) groups is 1. The van der Waals surface area contributed by atoms with E-state index in [-0.39, 0.29) is 30.2 Å². The molecule has 0 unspecified atom stereocenters. The van der Waals surface area contributed by atoms with Crippen LogP contribution in [0.4, 0.5) is 4.39 Å². The Morgan fingerprint density at radius 1 is 1.43 bits per heavy atom. The van der Waals surface area contributed by atoms with E-state index < -0.39 is 0 Å². The first-order chi connectivity index (χ1) is 10.1. The monoisotopic (exact) mass is 308 g/mol.